The van der Waals surface area contributed by atoms with Crippen molar-refractivity contribution in [3.63, 3.8) is 0 Å². The summed E-state index contributed by atoms with van der Waals surface area (Å²) in [6.45, 7) is 0. The lowest BCUT2D eigenvalue weighted by Crippen LogP contribution is -2.43. The van der Waals surface area contributed by atoms with E-state index in [2.05, 4.69) is 20.9 Å². The number of nitrogens with two attached hydrogens (primary N) is 1. The topological polar surface area (TPSA) is 48.1 Å². The smallest absolute Gasteiger partial charge is 0.274 e. The molecule has 1 saturated carbocycles. The third-order valence-electron chi connectivity index (χ3n) is 1.85. The minimum absolute atomic E-state index is 0.290. The standard InChI is InChI=1S/C7H9BrN2OS/c8-6-3-12-7(10-6)11-5-1-4(9)2-5/h3-5H,1-2,9H2. The molecule has 0 bridgehead atoms. The second-order valence-electron chi connectivity index (χ2n) is 2.91. The molecule has 0 amide bonds. The van der Waals surface area contributed by atoms with Crippen LogP contribution in [0.25, 0.3) is 0 Å². The molecule has 66 valence electrons. The lowest BCUT2D eigenvalue weighted by Gasteiger charge is -2.31. The van der Waals surface area contributed by atoms with E-state index in [0.717, 1.165) is 22.6 Å². The number of nitrogens with zero attached hydrogens (tertiary/aromatic N) is 1. The van der Waals surface area contributed by atoms with Gasteiger partial charge in [0.1, 0.15) is 10.7 Å². The first-order chi connectivity index (χ1) is 5.74. The van der Waals surface area contributed by atoms with Gasteiger partial charge in [-0.05, 0) is 28.8 Å². The quantitative estimate of drug-likeness (QED) is 0.868. The number of rotatable bonds is 2. The molecular formula is C7H9BrN2OS. The Labute approximate surface area is 83.1 Å². The van der Waals surface area contributed by atoms with Crippen molar-refractivity contribution in [1.82, 2.24) is 4.98 Å². The van der Waals surface area contributed by atoms with Crippen LogP contribution in [0.5, 0.6) is 5.19 Å². The Hall–Kier alpha value is -0.130. The van der Waals surface area contributed by atoms with Crippen LogP contribution in [-0.4, -0.2) is 17.1 Å². The Morgan fingerprint density at radius 1 is 1.67 bits per heavy atom. The molecule has 1 heterocycles. The van der Waals surface area contributed by atoms with Crippen molar-refractivity contribution in [2.45, 2.75) is 25.0 Å². The molecular weight excluding hydrogens is 240 g/mol. The average molecular weight is 249 g/mol. The third kappa shape index (κ3) is 1.78. The summed E-state index contributed by atoms with van der Waals surface area (Å²) < 4.78 is 6.38. The molecule has 1 aromatic rings. The van der Waals surface area contributed by atoms with Gasteiger partial charge in [-0.2, -0.15) is 4.98 Å². The van der Waals surface area contributed by atoms with Crippen LogP contribution in [0.3, 0.4) is 0 Å². The van der Waals surface area contributed by atoms with Crippen molar-refractivity contribution in [3.8, 4) is 5.19 Å². The largest absolute Gasteiger partial charge is 0.467 e. The van der Waals surface area contributed by atoms with Crippen LogP contribution in [0, 0.1) is 0 Å². The Morgan fingerprint density at radius 2 is 2.42 bits per heavy atom. The van der Waals surface area contributed by atoms with E-state index in [0.29, 0.717) is 6.04 Å². The molecule has 1 aliphatic rings. The highest BCUT2D eigenvalue weighted by atomic mass is 79.9. The van der Waals surface area contributed by atoms with Crippen molar-refractivity contribution < 1.29 is 4.74 Å². The Kier molecular flexibility index (Phi) is 2.34. The average Bonchev–Trinajstić information content (AvgIpc) is 2.33. The maximum atomic E-state index is 5.62. The summed E-state index contributed by atoms with van der Waals surface area (Å²) >= 11 is 4.78. The summed E-state index contributed by atoms with van der Waals surface area (Å²) in [6, 6.07) is 0.332. The van der Waals surface area contributed by atoms with Gasteiger partial charge in [0.25, 0.3) is 5.19 Å². The predicted octanol–water partition coefficient (Wildman–Crippen LogP) is 1.77. The van der Waals surface area contributed by atoms with Crippen LogP contribution in [0.4, 0.5) is 0 Å². The monoisotopic (exact) mass is 248 g/mol. The number of aromatic nitrogens is 1. The Balaban J connectivity index is 1.88. The predicted molar refractivity (Wildman–Crippen MR) is 51.4 cm³/mol. The Morgan fingerprint density at radius 3 is 2.92 bits per heavy atom. The lowest BCUT2D eigenvalue weighted by molar-refractivity contribution is 0.100. The number of ether oxygens (including phenoxy) is 1. The summed E-state index contributed by atoms with van der Waals surface area (Å²) in [5, 5.41) is 2.65. The van der Waals surface area contributed by atoms with E-state index in [9.17, 15) is 0 Å². The molecule has 5 heteroatoms. The van der Waals surface area contributed by atoms with Crippen LogP contribution in [0.2, 0.25) is 0 Å². The maximum absolute atomic E-state index is 5.62. The van der Waals surface area contributed by atoms with Crippen LogP contribution < -0.4 is 10.5 Å². The fraction of sp³-hybridized carbons (Fsp3) is 0.571. The second kappa shape index (κ2) is 3.32. The zero-order valence-corrected chi connectivity index (χ0v) is 8.77. The Bertz CT molecular complexity index is 272. The first kappa shape index (κ1) is 8.47. The van der Waals surface area contributed by atoms with E-state index in [-0.39, 0.29) is 6.10 Å². The molecule has 0 spiro atoms. The highest BCUT2D eigenvalue weighted by Gasteiger charge is 2.28. The first-order valence-corrected chi connectivity index (χ1v) is 5.44. The van der Waals surface area contributed by atoms with E-state index in [1.54, 1.807) is 0 Å². The third-order valence-corrected chi connectivity index (χ3v) is 3.29. The molecule has 3 nitrogen and oxygen atoms in total. The minimum Gasteiger partial charge on any atom is -0.467 e. The number of hydrogen-bond donors (Lipinski definition) is 1. The maximum Gasteiger partial charge on any atom is 0.274 e. The second-order valence-corrected chi connectivity index (χ2v) is 4.54. The fourth-order valence-corrected chi connectivity index (χ4v) is 2.29. The van der Waals surface area contributed by atoms with Crippen LogP contribution in [0.1, 0.15) is 12.8 Å². The molecule has 0 saturated heterocycles. The van der Waals surface area contributed by atoms with Crippen LogP contribution in [-0.2, 0) is 0 Å². The number of hydrogen-bond acceptors (Lipinski definition) is 4. The van der Waals surface area contributed by atoms with Gasteiger partial charge in [-0.15, -0.1) is 0 Å². The molecule has 0 aliphatic heterocycles. The van der Waals surface area contributed by atoms with Gasteiger partial charge in [0.2, 0.25) is 0 Å². The van der Waals surface area contributed by atoms with Crippen molar-refractivity contribution in [1.29, 1.82) is 0 Å². The molecule has 2 rings (SSSR count). The van der Waals surface area contributed by atoms with Gasteiger partial charge < -0.3 is 10.5 Å². The zero-order chi connectivity index (χ0) is 8.55. The van der Waals surface area contributed by atoms with Crippen molar-refractivity contribution >= 4 is 27.3 Å². The van der Waals surface area contributed by atoms with Crippen molar-refractivity contribution in [2.75, 3.05) is 0 Å². The highest BCUT2D eigenvalue weighted by Crippen LogP contribution is 2.28. The summed E-state index contributed by atoms with van der Waals surface area (Å²) in [6.07, 6.45) is 2.20. The van der Waals surface area contributed by atoms with Gasteiger partial charge in [-0.1, -0.05) is 11.3 Å². The molecule has 1 aromatic heterocycles. The summed E-state index contributed by atoms with van der Waals surface area (Å²) in [5.74, 6) is 0. The van der Waals surface area contributed by atoms with Crippen molar-refractivity contribution in [2.24, 2.45) is 5.73 Å². The first-order valence-electron chi connectivity index (χ1n) is 3.77. The molecule has 0 atom stereocenters. The summed E-state index contributed by atoms with van der Waals surface area (Å²) in [5.41, 5.74) is 5.62. The van der Waals surface area contributed by atoms with Crippen LogP contribution in [0.15, 0.2) is 9.98 Å². The van der Waals surface area contributed by atoms with Gasteiger partial charge in [-0.3, -0.25) is 0 Å². The SMILES string of the molecule is NC1CC(Oc2nc(Br)cs2)C1. The number of thiazole rings is 1. The molecule has 1 aliphatic carbocycles. The zero-order valence-electron chi connectivity index (χ0n) is 6.37. The van der Waals surface area contributed by atoms with Gasteiger partial charge in [-0.25, -0.2) is 0 Å². The summed E-state index contributed by atoms with van der Waals surface area (Å²) in [7, 11) is 0. The highest BCUT2D eigenvalue weighted by molar-refractivity contribution is 9.10. The number of halogens is 1. The van der Waals surface area contributed by atoms with E-state index in [1.807, 2.05) is 5.38 Å². The van der Waals surface area contributed by atoms with Crippen molar-refractivity contribution in [3.05, 3.63) is 9.98 Å². The fourth-order valence-electron chi connectivity index (χ4n) is 1.14. The molecule has 0 unspecified atom stereocenters. The van der Waals surface area contributed by atoms with E-state index < -0.39 is 0 Å². The van der Waals surface area contributed by atoms with Crippen LogP contribution >= 0.6 is 27.3 Å². The molecule has 0 aromatic carbocycles. The normalized spacial score (nSPS) is 28.2. The molecule has 0 radical (unpaired) electrons. The van der Waals surface area contributed by atoms with Gasteiger partial charge in [0.15, 0.2) is 0 Å². The lowest BCUT2D eigenvalue weighted by atomic mass is 9.90. The van der Waals surface area contributed by atoms with Gasteiger partial charge in [0, 0.05) is 11.4 Å². The molecule has 1 fully saturated rings. The molecule has 2 N–H and O–H groups in total. The molecule has 12 heavy (non-hydrogen) atoms. The van der Waals surface area contributed by atoms with Gasteiger partial charge in [0.05, 0.1) is 0 Å². The van der Waals surface area contributed by atoms with E-state index in [1.165, 1.54) is 11.3 Å². The van der Waals surface area contributed by atoms with E-state index >= 15 is 0 Å². The van der Waals surface area contributed by atoms with Gasteiger partial charge >= 0.3 is 0 Å². The van der Waals surface area contributed by atoms with E-state index in [4.69, 9.17) is 10.5 Å². The summed E-state index contributed by atoms with van der Waals surface area (Å²) in [4.78, 5) is 4.13. The minimum atomic E-state index is 0.290.